The lowest BCUT2D eigenvalue weighted by Gasteiger charge is -2.14. The van der Waals surface area contributed by atoms with Gasteiger partial charge in [-0.25, -0.2) is 9.97 Å². The van der Waals surface area contributed by atoms with E-state index in [1.807, 2.05) is 46.9 Å². The monoisotopic (exact) mass is 748 g/mol. The molecule has 0 aliphatic heterocycles. The van der Waals surface area contributed by atoms with E-state index in [0.717, 1.165) is 44.8 Å². The van der Waals surface area contributed by atoms with Gasteiger partial charge in [0.1, 0.15) is 0 Å². The van der Waals surface area contributed by atoms with Crippen LogP contribution in [0.5, 0.6) is 0 Å². The highest BCUT2D eigenvalue weighted by Crippen LogP contribution is 2.42. The first kappa shape index (κ1) is 32.7. The molecule has 0 spiro atoms. The Morgan fingerprint density at radius 3 is 1.57 bits per heavy atom. The molecule has 0 fully saturated rings. The Bertz CT molecular complexity index is 3190. The predicted molar refractivity (Wildman–Crippen MR) is 240 cm³/mol. The van der Waals surface area contributed by atoms with Gasteiger partial charge in [-0.15, -0.1) is 22.7 Å². The summed E-state index contributed by atoms with van der Waals surface area (Å²) in [5.74, 6) is 0.707. The molecule has 3 aromatic heterocycles. The first-order chi connectivity index (χ1) is 27.7. The minimum Gasteiger partial charge on any atom is -0.228 e. The van der Waals surface area contributed by atoms with Gasteiger partial charge >= 0.3 is 0 Å². The Morgan fingerprint density at radius 2 is 0.804 bits per heavy atom. The van der Waals surface area contributed by atoms with Crippen molar-refractivity contribution in [1.29, 1.82) is 0 Å². The second kappa shape index (κ2) is 13.5. The number of benzene rings is 8. The van der Waals surface area contributed by atoms with Crippen molar-refractivity contribution in [3.63, 3.8) is 0 Å². The van der Waals surface area contributed by atoms with Crippen LogP contribution >= 0.6 is 22.7 Å². The number of aromatic nitrogens is 2. The standard InChI is InChI=1S/C52H32N2S2/c1-3-13-33(14-4-1)46-32-47(54-52(53-46)34-15-5-2-6-16-34)40-29-38(28-39(30-40)36-25-26-50-45(31-36)43-20-8-9-23-48(43)55-50)35-17-11-18-37(27-35)41-21-12-22-44-42-19-7-10-24-49(42)56-51(41)44/h1-32H. The molecule has 8 aromatic carbocycles. The Morgan fingerprint density at radius 1 is 0.286 bits per heavy atom. The SMILES string of the molecule is c1ccc(-c2cc(-c3cc(-c4cccc(-c5cccc6c5sc5ccccc56)c4)cc(-c4ccc5sc6ccccc6c5c4)c3)nc(-c3ccccc3)n2)cc1. The highest BCUT2D eigenvalue weighted by Gasteiger charge is 2.16. The van der Waals surface area contributed by atoms with Crippen molar-refractivity contribution in [3.8, 4) is 67.3 Å². The summed E-state index contributed by atoms with van der Waals surface area (Å²) in [6.45, 7) is 0. The fourth-order valence-electron chi connectivity index (χ4n) is 7.92. The molecule has 11 aromatic rings. The summed E-state index contributed by atoms with van der Waals surface area (Å²) >= 11 is 3.72. The van der Waals surface area contributed by atoms with Crippen LogP contribution in [0.2, 0.25) is 0 Å². The predicted octanol–water partition coefficient (Wildman–Crippen LogP) is 15.2. The van der Waals surface area contributed by atoms with Gasteiger partial charge in [-0.05, 0) is 88.0 Å². The first-order valence-electron chi connectivity index (χ1n) is 18.8. The molecule has 2 nitrogen and oxygen atoms in total. The molecule has 262 valence electrons. The van der Waals surface area contributed by atoms with Crippen LogP contribution in [0.15, 0.2) is 194 Å². The molecule has 4 heteroatoms. The lowest BCUT2D eigenvalue weighted by molar-refractivity contribution is 1.18. The molecule has 0 saturated heterocycles. The maximum absolute atomic E-state index is 5.26. The van der Waals surface area contributed by atoms with Crippen LogP contribution in [0.1, 0.15) is 0 Å². The van der Waals surface area contributed by atoms with Crippen molar-refractivity contribution in [2.75, 3.05) is 0 Å². The molecular formula is C52H32N2S2. The normalized spacial score (nSPS) is 11.6. The van der Waals surface area contributed by atoms with Crippen LogP contribution in [0.25, 0.3) is 108 Å². The third kappa shape index (κ3) is 5.79. The van der Waals surface area contributed by atoms with Crippen molar-refractivity contribution in [2.24, 2.45) is 0 Å². The number of nitrogens with zero attached hydrogens (tertiary/aromatic N) is 2. The topological polar surface area (TPSA) is 25.8 Å². The van der Waals surface area contributed by atoms with E-state index in [1.165, 1.54) is 57.0 Å². The zero-order valence-corrected chi connectivity index (χ0v) is 31.8. The summed E-state index contributed by atoms with van der Waals surface area (Å²) in [4.78, 5) is 10.4. The molecule has 0 bridgehead atoms. The van der Waals surface area contributed by atoms with Crippen molar-refractivity contribution in [2.45, 2.75) is 0 Å². The van der Waals surface area contributed by atoms with Crippen LogP contribution in [0, 0.1) is 0 Å². The summed E-state index contributed by atoms with van der Waals surface area (Å²) in [5.41, 5.74) is 11.9. The summed E-state index contributed by atoms with van der Waals surface area (Å²) < 4.78 is 5.24. The van der Waals surface area contributed by atoms with Gasteiger partial charge < -0.3 is 0 Å². The number of hydrogen-bond acceptors (Lipinski definition) is 4. The molecule has 0 radical (unpaired) electrons. The molecule has 0 unspecified atom stereocenters. The fraction of sp³-hybridized carbons (Fsp3) is 0. The largest absolute Gasteiger partial charge is 0.228 e. The third-order valence-electron chi connectivity index (χ3n) is 10.7. The van der Waals surface area contributed by atoms with Gasteiger partial charge in [0.15, 0.2) is 5.82 Å². The van der Waals surface area contributed by atoms with Gasteiger partial charge in [0.25, 0.3) is 0 Å². The minimum absolute atomic E-state index is 0.707. The molecule has 0 aliphatic carbocycles. The number of hydrogen-bond donors (Lipinski definition) is 0. The maximum atomic E-state index is 5.26. The second-order valence-corrected chi connectivity index (χ2v) is 16.3. The van der Waals surface area contributed by atoms with Crippen molar-refractivity contribution in [3.05, 3.63) is 194 Å². The van der Waals surface area contributed by atoms with E-state index in [9.17, 15) is 0 Å². The second-order valence-electron chi connectivity index (χ2n) is 14.2. The molecule has 0 aliphatic rings. The quantitative estimate of drug-likeness (QED) is 0.169. The molecule has 0 N–H and O–H groups in total. The Balaban J connectivity index is 1.12. The van der Waals surface area contributed by atoms with E-state index in [4.69, 9.17) is 9.97 Å². The van der Waals surface area contributed by atoms with E-state index in [-0.39, 0.29) is 0 Å². The number of rotatable bonds is 6. The van der Waals surface area contributed by atoms with Gasteiger partial charge in [-0.1, -0.05) is 140 Å². The zero-order chi connectivity index (χ0) is 37.0. The van der Waals surface area contributed by atoms with E-state index in [2.05, 4.69) is 170 Å². The van der Waals surface area contributed by atoms with Gasteiger partial charge in [0.05, 0.1) is 11.4 Å². The molecule has 0 atom stereocenters. The average molecular weight is 749 g/mol. The third-order valence-corrected chi connectivity index (χ3v) is 13.0. The highest BCUT2D eigenvalue weighted by molar-refractivity contribution is 7.26. The van der Waals surface area contributed by atoms with Crippen LogP contribution in [-0.4, -0.2) is 9.97 Å². The molecule has 3 heterocycles. The maximum Gasteiger partial charge on any atom is 0.160 e. The first-order valence-corrected chi connectivity index (χ1v) is 20.4. The van der Waals surface area contributed by atoms with E-state index in [0.29, 0.717) is 5.82 Å². The summed E-state index contributed by atoms with van der Waals surface area (Å²) in [7, 11) is 0. The van der Waals surface area contributed by atoms with E-state index in [1.54, 1.807) is 0 Å². The molecule has 11 rings (SSSR count). The minimum atomic E-state index is 0.707. The fourth-order valence-corrected chi connectivity index (χ4v) is 10.2. The van der Waals surface area contributed by atoms with E-state index >= 15 is 0 Å². The molecule has 0 saturated carbocycles. The Kier molecular flexibility index (Phi) is 7.90. The molecular weight excluding hydrogens is 717 g/mol. The van der Waals surface area contributed by atoms with E-state index < -0.39 is 0 Å². The van der Waals surface area contributed by atoms with Gasteiger partial charge in [-0.3, -0.25) is 0 Å². The lowest BCUT2D eigenvalue weighted by Crippen LogP contribution is -1.96. The summed E-state index contributed by atoms with van der Waals surface area (Å²) in [6, 6.07) is 69.8. The Hall–Kier alpha value is -6.72. The average Bonchev–Trinajstić information content (AvgIpc) is 3.85. The van der Waals surface area contributed by atoms with Crippen molar-refractivity contribution < 1.29 is 0 Å². The number of thiophene rings is 2. The van der Waals surface area contributed by atoms with Gasteiger partial charge in [-0.2, -0.15) is 0 Å². The molecule has 56 heavy (non-hydrogen) atoms. The smallest absolute Gasteiger partial charge is 0.160 e. The van der Waals surface area contributed by atoms with Crippen molar-refractivity contribution in [1.82, 2.24) is 9.97 Å². The van der Waals surface area contributed by atoms with Crippen LogP contribution < -0.4 is 0 Å². The van der Waals surface area contributed by atoms with Crippen LogP contribution in [-0.2, 0) is 0 Å². The van der Waals surface area contributed by atoms with Gasteiger partial charge in [0.2, 0.25) is 0 Å². The number of fused-ring (bicyclic) bond motifs is 6. The lowest BCUT2D eigenvalue weighted by atomic mass is 9.92. The highest BCUT2D eigenvalue weighted by atomic mass is 32.1. The molecule has 0 amide bonds. The summed E-state index contributed by atoms with van der Waals surface area (Å²) in [6.07, 6.45) is 0. The summed E-state index contributed by atoms with van der Waals surface area (Å²) in [5, 5.41) is 5.20. The van der Waals surface area contributed by atoms with Crippen LogP contribution in [0.4, 0.5) is 0 Å². The zero-order valence-electron chi connectivity index (χ0n) is 30.2. The van der Waals surface area contributed by atoms with Gasteiger partial charge in [0, 0.05) is 57.0 Å². The Labute approximate surface area is 332 Å². The van der Waals surface area contributed by atoms with Crippen molar-refractivity contribution >= 4 is 63.0 Å². The van der Waals surface area contributed by atoms with Crippen LogP contribution in [0.3, 0.4) is 0 Å².